The molecule has 1 amide bonds. The Labute approximate surface area is 143 Å². The van der Waals surface area contributed by atoms with Gasteiger partial charge in [-0.1, -0.05) is 37.3 Å². The van der Waals surface area contributed by atoms with Gasteiger partial charge >= 0.3 is 0 Å². The monoisotopic (exact) mass is 328 g/mol. The van der Waals surface area contributed by atoms with Crippen LogP contribution >= 0.6 is 0 Å². The van der Waals surface area contributed by atoms with Crippen LogP contribution in [0.4, 0.5) is 5.69 Å². The number of nitrogens with one attached hydrogen (secondary N) is 2. The largest absolute Gasteiger partial charge is 0.491 e. The lowest BCUT2D eigenvalue weighted by Gasteiger charge is -2.09. The third-order valence-corrected chi connectivity index (χ3v) is 3.26. The van der Waals surface area contributed by atoms with Crippen LogP contribution < -0.4 is 15.4 Å². The van der Waals surface area contributed by atoms with Gasteiger partial charge in [-0.05, 0) is 36.4 Å². The molecule has 5 heteroatoms. The van der Waals surface area contributed by atoms with E-state index in [2.05, 4.69) is 17.6 Å². The molecule has 2 aromatic rings. The number of para-hydroxylation sites is 1. The average Bonchev–Trinajstić information content (AvgIpc) is 2.61. The zero-order valence-electron chi connectivity index (χ0n) is 14.0. The van der Waals surface area contributed by atoms with Gasteiger partial charge in [0.05, 0.1) is 6.61 Å². The van der Waals surface area contributed by atoms with Gasteiger partial charge in [-0.2, -0.15) is 0 Å². The van der Waals surface area contributed by atoms with E-state index in [1.54, 1.807) is 0 Å². The van der Waals surface area contributed by atoms with E-state index in [1.165, 1.54) is 0 Å². The molecule has 0 saturated heterocycles. The lowest BCUT2D eigenvalue weighted by Crippen LogP contribution is -2.20. The van der Waals surface area contributed by atoms with Gasteiger partial charge in [0.25, 0.3) is 0 Å². The number of benzene rings is 2. The van der Waals surface area contributed by atoms with Gasteiger partial charge in [0.2, 0.25) is 5.91 Å². The van der Waals surface area contributed by atoms with E-state index in [-0.39, 0.29) is 12.5 Å². The Bertz CT molecular complexity index is 617. The maximum atomic E-state index is 11.9. The molecule has 0 aromatic heterocycles. The first-order valence-electron chi connectivity index (χ1n) is 8.13. The van der Waals surface area contributed by atoms with Crippen molar-refractivity contribution in [3.05, 3.63) is 60.2 Å². The van der Waals surface area contributed by atoms with Gasteiger partial charge in [0, 0.05) is 12.2 Å². The average molecular weight is 328 g/mol. The minimum atomic E-state index is -0.171. The highest BCUT2D eigenvalue weighted by Gasteiger charge is 2.03. The van der Waals surface area contributed by atoms with E-state index in [0.717, 1.165) is 30.1 Å². The third kappa shape index (κ3) is 6.81. The number of carbonyl (C=O) groups is 1. The predicted octanol–water partition coefficient (Wildman–Crippen LogP) is 2.83. The first kappa shape index (κ1) is 18.0. The second-order valence-electron chi connectivity index (χ2n) is 5.24. The predicted molar refractivity (Wildman–Crippen MR) is 95.2 cm³/mol. The number of rotatable bonds is 10. The minimum absolute atomic E-state index is 0.00951. The summed E-state index contributed by atoms with van der Waals surface area (Å²) in [5.74, 6) is 0.623. The Kier molecular flexibility index (Phi) is 7.80. The van der Waals surface area contributed by atoms with E-state index in [1.807, 2.05) is 54.6 Å². The number of hydrogen-bond acceptors (Lipinski definition) is 4. The summed E-state index contributed by atoms with van der Waals surface area (Å²) in [4.78, 5) is 11.9. The molecule has 0 unspecified atom stereocenters. The molecule has 24 heavy (non-hydrogen) atoms. The molecule has 0 aliphatic rings. The van der Waals surface area contributed by atoms with Crippen LogP contribution in [0.3, 0.4) is 0 Å². The molecular formula is C19H24N2O3. The first-order chi connectivity index (χ1) is 11.8. The quantitative estimate of drug-likeness (QED) is 0.659. The Morgan fingerprint density at radius 1 is 1.04 bits per heavy atom. The van der Waals surface area contributed by atoms with E-state index in [4.69, 9.17) is 9.47 Å². The zero-order valence-corrected chi connectivity index (χ0v) is 14.0. The molecule has 0 spiro atoms. The zero-order chi connectivity index (χ0) is 17.0. The summed E-state index contributed by atoms with van der Waals surface area (Å²) in [6.45, 7) is 4.54. The SMILES string of the molecule is CCNCc1cccc(NC(=O)COCCOc2ccccc2)c1. The maximum Gasteiger partial charge on any atom is 0.250 e. The fourth-order valence-corrected chi connectivity index (χ4v) is 2.13. The lowest BCUT2D eigenvalue weighted by atomic mass is 10.2. The molecule has 0 fully saturated rings. The van der Waals surface area contributed by atoms with E-state index in [0.29, 0.717) is 13.2 Å². The molecule has 0 aliphatic carbocycles. The maximum absolute atomic E-state index is 11.9. The molecule has 2 rings (SSSR count). The molecule has 5 nitrogen and oxygen atoms in total. The molecule has 128 valence electrons. The van der Waals surface area contributed by atoms with E-state index >= 15 is 0 Å². The number of amides is 1. The summed E-state index contributed by atoms with van der Waals surface area (Å²) in [5, 5.41) is 6.09. The molecule has 0 atom stereocenters. The van der Waals surface area contributed by atoms with Crippen LogP contribution in [0.25, 0.3) is 0 Å². The molecule has 2 aromatic carbocycles. The van der Waals surface area contributed by atoms with Crippen molar-refractivity contribution in [1.82, 2.24) is 5.32 Å². The van der Waals surface area contributed by atoms with Crippen LogP contribution in [0.1, 0.15) is 12.5 Å². The van der Waals surface area contributed by atoms with Crippen LogP contribution in [-0.2, 0) is 16.1 Å². The first-order valence-corrected chi connectivity index (χ1v) is 8.13. The lowest BCUT2D eigenvalue weighted by molar-refractivity contribution is -0.120. The summed E-state index contributed by atoms with van der Waals surface area (Å²) in [6.07, 6.45) is 0. The fourth-order valence-electron chi connectivity index (χ4n) is 2.13. The van der Waals surface area contributed by atoms with Crippen LogP contribution in [0, 0.1) is 0 Å². The normalized spacial score (nSPS) is 10.4. The summed E-state index contributed by atoms with van der Waals surface area (Å²) >= 11 is 0. The molecular weight excluding hydrogens is 304 g/mol. The van der Waals surface area contributed by atoms with Crippen molar-refractivity contribution in [3.8, 4) is 5.75 Å². The topological polar surface area (TPSA) is 59.6 Å². The van der Waals surface area contributed by atoms with E-state index in [9.17, 15) is 4.79 Å². The Morgan fingerprint density at radius 3 is 2.67 bits per heavy atom. The molecule has 2 N–H and O–H groups in total. The van der Waals surface area contributed by atoms with Crippen molar-refractivity contribution in [2.24, 2.45) is 0 Å². The Morgan fingerprint density at radius 2 is 1.88 bits per heavy atom. The van der Waals surface area contributed by atoms with E-state index < -0.39 is 0 Å². The van der Waals surface area contributed by atoms with Crippen molar-refractivity contribution in [2.45, 2.75) is 13.5 Å². The molecule has 0 radical (unpaired) electrons. The fraction of sp³-hybridized carbons (Fsp3) is 0.316. The highest BCUT2D eigenvalue weighted by Crippen LogP contribution is 2.10. The smallest absolute Gasteiger partial charge is 0.250 e. The van der Waals surface area contributed by atoms with Crippen LogP contribution in [0.15, 0.2) is 54.6 Å². The summed E-state index contributed by atoms with van der Waals surface area (Å²) < 4.78 is 10.8. The summed E-state index contributed by atoms with van der Waals surface area (Å²) in [6, 6.07) is 17.3. The molecule has 0 bridgehead atoms. The van der Waals surface area contributed by atoms with Crippen LogP contribution in [-0.4, -0.2) is 32.3 Å². The number of hydrogen-bond donors (Lipinski definition) is 2. The van der Waals surface area contributed by atoms with Gasteiger partial charge in [0.1, 0.15) is 19.0 Å². The van der Waals surface area contributed by atoms with Gasteiger partial charge in [0.15, 0.2) is 0 Å². The van der Waals surface area contributed by atoms with Crippen LogP contribution in [0.2, 0.25) is 0 Å². The molecule has 0 aliphatic heterocycles. The standard InChI is InChI=1S/C19H24N2O3/c1-2-20-14-16-7-6-8-17(13-16)21-19(22)15-23-11-12-24-18-9-4-3-5-10-18/h3-10,13,20H,2,11-12,14-15H2,1H3,(H,21,22). The molecule has 0 heterocycles. The van der Waals surface area contributed by atoms with Crippen molar-refractivity contribution < 1.29 is 14.3 Å². The number of ether oxygens (including phenoxy) is 2. The summed E-state index contributed by atoms with van der Waals surface area (Å²) in [5.41, 5.74) is 1.91. The van der Waals surface area contributed by atoms with Gasteiger partial charge in [-0.3, -0.25) is 4.79 Å². The van der Waals surface area contributed by atoms with Crippen molar-refractivity contribution in [3.63, 3.8) is 0 Å². The van der Waals surface area contributed by atoms with Crippen molar-refractivity contribution in [1.29, 1.82) is 0 Å². The van der Waals surface area contributed by atoms with Crippen LogP contribution in [0.5, 0.6) is 5.75 Å². The van der Waals surface area contributed by atoms with Crippen molar-refractivity contribution in [2.75, 3.05) is 31.7 Å². The highest BCUT2D eigenvalue weighted by molar-refractivity contribution is 5.91. The second-order valence-corrected chi connectivity index (χ2v) is 5.24. The highest BCUT2D eigenvalue weighted by atomic mass is 16.5. The van der Waals surface area contributed by atoms with Gasteiger partial charge in [-0.25, -0.2) is 0 Å². The summed E-state index contributed by atoms with van der Waals surface area (Å²) in [7, 11) is 0. The number of anilines is 1. The third-order valence-electron chi connectivity index (χ3n) is 3.26. The Hall–Kier alpha value is -2.37. The minimum Gasteiger partial charge on any atom is -0.491 e. The number of carbonyl (C=O) groups excluding carboxylic acids is 1. The van der Waals surface area contributed by atoms with Gasteiger partial charge < -0.3 is 20.1 Å². The Balaban J connectivity index is 1.64. The second kappa shape index (κ2) is 10.4. The molecule has 0 saturated carbocycles. The van der Waals surface area contributed by atoms with Crippen molar-refractivity contribution >= 4 is 11.6 Å². The van der Waals surface area contributed by atoms with Gasteiger partial charge in [-0.15, -0.1) is 0 Å².